The third-order valence-corrected chi connectivity index (χ3v) is 4.97. The average molecular weight is 354 g/mol. The second kappa shape index (κ2) is 6.26. The Morgan fingerprint density at radius 1 is 1.31 bits per heavy atom. The molecule has 2 N–H and O–H groups in total. The first-order valence-electron chi connectivity index (χ1n) is 8.55. The van der Waals surface area contributed by atoms with E-state index in [1.54, 1.807) is 28.2 Å². The maximum Gasteiger partial charge on any atom is 0.162 e. The predicted molar refractivity (Wildman–Crippen MR) is 96.5 cm³/mol. The maximum atomic E-state index is 14.6. The van der Waals surface area contributed by atoms with E-state index in [1.165, 1.54) is 6.07 Å². The van der Waals surface area contributed by atoms with E-state index in [2.05, 4.69) is 6.07 Å². The molecule has 0 saturated carbocycles. The van der Waals surface area contributed by atoms with Gasteiger partial charge < -0.3 is 5.73 Å². The van der Waals surface area contributed by atoms with Crippen LogP contribution >= 0.6 is 0 Å². The van der Waals surface area contributed by atoms with Crippen molar-refractivity contribution in [2.45, 2.75) is 32.6 Å². The van der Waals surface area contributed by atoms with E-state index in [4.69, 9.17) is 5.73 Å². The summed E-state index contributed by atoms with van der Waals surface area (Å²) in [5.74, 6) is -1.02. The van der Waals surface area contributed by atoms with Gasteiger partial charge in [0.25, 0.3) is 0 Å². The number of nitriles is 1. The number of carbonyl (C=O) groups excluding carboxylic acids is 1. The molecule has 1 atom stereocenters. The summed E-state index contributed by atoms with van der Waals surface area (Å²) in [6.45, 7) is 4.06. The van der Waals surface area contributed by atoms with E-state index < -0.39 is 11.7 Å². The summed E-state index contributed by atoms with van der Waals surface area (Å²) in [4.78, 5) is 13.1. The zero-order valence-electron chi connectivity index (χ0n) is 15.5. The Kier molecular flexibility index (Phi) is 4.37. The van der Waals surface area contributed by atoms with Crippen molar-refractivity contribution in [3.8, 4) is 6.07 Å². The molecule has 2 aliphatic rings. The molecule has 3 rings (SSSR count). The Hall–Kier alpha value is -2.65. The first-order valence-corrected chi connectivity index (χ1v) is 8.55. The van der Waals surface area contributed by atoms with Gasteiger partial charge in [-0.15, -0.1) is 0 Å². The van der Waals surface area contributed by atoms with Crippen LogP contribution in [0.25, 0.3) is 0 Å². The van der Waals surface area contributed by atoms with E-state index in [0.29, 0.717) is 24.0 Å². The van der Waals surface area contributed by atoms with Crippen LogP contribution in [-0.2, 0) is 4.79 Å². The van der Waals surface area contributed by atoms with Gasteiger partial charge in [-0.25, -0.2) is 9.40 Å². The van der Waals surface area contributed by atoms with E-state index in [1.807, 2.05) is 27.9 Å². The Balaban J connectivity index is 2.32. The molecule has 0 radical (unpaired) electrons. The van der Waals surface area contributed by atoms with Crippen molar-refractivity contribution in [2.75, 3.05) is 14.1 Å². The van der Waals surface area contributed by atoms with E-state index >= 15 is 0 Å². The SMILES string of the molecule is CN(C)N1C(N)=C(C#N)[C@H](c2ccccc2F)C2=C1CC(C)(C)CC2=O. The van der Waals surface area contributed by atoms with Crippen LogP contribution in [-0.4, -0.2) is 29.9 Å². The highest BCUT2D eigenvalue weighted by Gasteiger charge is 2.45. The number of Topliss-reactive ketones (excluding diaryl/α,β-unsaturated/α-hetero) is 1. The number of carbonyl (C=O) groups is 1. The lowest BCUT2D eigenvalue weighted by atomic mass is 9.69. The molecule has 0 amide bonds. The third-order valence-electron chi connectivity index (χ3n) is 4.97. The standard InChI is InChI=1S/C20H23FN4O/c1-20(2)9-15-18(16(26)10-20)17(12-7-5-6-8-14(12)21)13(11-22)19(23)25(15)24(3)4/h5-8,17H,9-10,23H2,1-4H3/t17-/m0/s1. The molecule has 26 heavy (non-hydrogen) atoms. The van der Waals surface area contributed by atoms with Crippen molar-refractivity contribution in [2.24, 2.45) is 11.1 Å². The topological polar surface area (TPSA) is 73.4 Å². The highest BCUT2D eigenvalue weighted by atomic mass is 19.1. The molecule has 1 aromatic rings. The number of halogens is 1. The minimum Gasteiger partial charge on any atom is -0.383 e. The number of benzene rings is 1. The predicted octanol–water partition coefficient (Wildman–Crippen LogP) is 3.04. The molecule has 1 aliphatic heterocycles. The van der Waals surface area contributed by atoms with Gasteiger partial charge in [-0.1, -0.05) is 32.0 Å². The number of ketones is 1. The Morgan fingerprint density at radius 2 is 1.96 bits per heavy atom. The van der Waals surface area contributed by atoms with Gasteiger partial charge in [-0.2, -0.15) is 5.26 Å². The molecule has 0 unspecified atom stereocenters. The highest BCUT2D eigenvalue weighted by molar-refractivity contribution is 6.00. The molecule has 1 aliphatic carbocycles. The minimum atomic E-state index is -0.768. The van der Waals surface area contributed by atoms with Gasteiger partial charge in [0.05, 0.1) is 17.6 Å². The number of hydrogen-bond donors (Lipinski definition) is 1. The average Bonchev–Trinajstić information content (AvgIpc) is 2.52. The normalized spacial score (nSPS) is 22.6. The molecular weight excluding hydrogens is 331 g/mol. The first kappa shape index (κ1) is 18.2. The minimum absolute atomic E-state index is 0.0587. The summed E-state index contributed by atoms with van der Waals surface area (Å²) in [6.07, 6.45) is 0.979. The van der Waals surface area contributed by atoms with Gasteiger partial charge in [0.2, 0.25) is 0 Å². The fourth-order valence-electron chi connectivity index (χ4n) is 3.97. The number of rotatable bonds is 2. The Labute approximate surface area is 153 Å². The summed E-state index contributed by atoms with van der Waals surface area (Å²) in [7, 11) is 3.62. The first-order chi connectivity index (χ1) is 12.2. The molecular formula is C20H23FN4O. The molecule has 1 heterocycles. The summed E-state index contributed by atoms with van der Waals surface area (Å²) in [6, 6.07) is 8.38. The van der Waals surface area contributed by atoms with Crippen LogP contribution in [0.3, 0.4) is 0 Å². The highest BCUT2D eigenvalue weighted by Crippen LogP contribution is 2.49. The maximum absolute atomic E-state index is 14.6. The van der Waals surface area contributed by atoms with Crippen molar-refractivity contribution in [3.63, 3.8) is 0 Å². The van der Waals surface area contributed by atoms with Crippen molar-refractivity contribution in [1.29, 1.82) is 5.26 Å². The molecule has 0 spiro atoms. The number of nitrogens with zero attached hydrogens (tertiary/aromatic N) is 3. The molecule has 0 saturated heterocycles. The van der Waals surface area contributed by atoms with Crippen molar-refractivity contribution in [3.05, 3.63) is 58.3 Å². The van der Waals surface area contributed by atoms with Crippen LogP contribution in [0.15, 0.2) is 46.9 Å². The molecule has 0 fully saturated rings. The zero-order chi connectivity index (χ0) is 19.2. The number of hydrogen-bond acceptors (Lipinski definition) is 5. The van der Waals surface area contributed by atoms with E-state index in [-0.39, 0.29) is 22.6 Å². The van der Waals surface area contributed by atoms with Gasteiger partial charge in [0, 0.05) is 37.3 Å². The lowest BCUT2D eigenvalue weighted by Gasteiger charge is -2.45. The lowest BCUT2D eigenvalue weighted by Crippen LogP contribution is -2.47. The number of allylic oxidation sites excluding steroid dienone is 3. The lowest BCUT2D eigenvalue weighted by molar-refractivity contribution is -0.119. The summed E-state index contributed by atoms with van der Waals surface area (Å²) < 4.78 is 14.6. The number of nitrogens with two attached hydrogens (primary N) is 1. The van der Waals surface area contributed by atoms with Crippen LogP contribution in [0.1, 0.15) is 38.2 Å². The van der Waals surface area contributed by atoms with Gasteiger partial charge in [-0.05, 0) is 17.9 Å². The quantitative estimate of drug-likeness (QED) is 0.884. The van der Waals surface area contributed by atoms with Gasteiger partial charge in [0.15, 0.2) is 5.78 Å². The van der Waals surface area contributed by atoms with Crippen molar-refractivity contribution < 1.29 is 9.18 Å². The second-order valence-corrected chi connectivity index (χ2v) is 7.83. The monoisotopic (exact) mass is 354 g/mol. The smallest absolute Gasteiger partial charge is 0.162 e. The van der Waals surface area contributed by atoms with E-state index in [9.17, 15) is 14.4 Å². The van der Waals surface area contributed by atoms with Crippen LogP contribution < -0.4 is 5.73 Å². The van der Waals surface area contributed by atoms with Crippen LogP contribution in [0.2, 0.25) is 0 Å². The van der Waals surface area contributed by atoms with Crippen LogP contribution in [0.5, 0.6) is 0 Å². The zero-order valence-corrected chi connectivity index (χ0v) is 15.5. The molecule has 1 aromatic carbocycles. The number of hydrazine groups is 1. The molecule has 0 aromatic heterocycles. The summed E-state index contributed by atoms with van der Waals surface area (Å²) in [5.41, 5.74) is 7.85. The van der Waals surface area contributed by atoms with E-state index in [0.717, 1.165) is 5.70 Å². The Bertz CT molecular complexity index is 876. The van der Waals surface area contributed by atoms with Crippen LogP contribution in [0.4, 0.5) is 4.39 Å². The van der Waals surface area contributed by atoms with Gasteiger partial charge in [0.1, 0.15) is 11.6 Å². The van der Waals surface area contributed by atoms with Crippen molar-refractivity contribution in [1.82, 2.24) is 10.0 Å². The van der Waals surface area contributed by atoms with Gasteiger partial charge in [-0.3, -0.25) is 9.80 Å². The molecule has 6 heteroatoms. The molecule has 136 valence electrons. The third kappa shape index (κ3) is 2.78. The molecule has 5 nitrogen and oxygen atoms in total. The summed E-state index contributed by atoms with van der Waals surface area (Å²) in [5, 5.41) is 13.2. The molecule has 0 bridgehead atoms. The fourth-order valence-corrected chi connectivity index (χ4v) is 3.97. The Morgan fingerprint density at radius 3 is 2.54 bits per heavy atom. The largest absolute Gasteiger partial charge is 0.383 e. The summed E-state index contributed by atoms with van der Waals surface area (Å²) >= 11 is 0. The van der Waals surface area contributed by atoms with Gasteiger partial charge >= 0.3 is 0 Å². The van der Waals surface area contributed by atoms with Crippen molar-refractivity contribution >= 4 is 5.78 Å². The fraction of sp³-hybridized carbons (Fsp3) is 0.400. The second-order valence-electron chi connectivity index (χ2n) is 7.83. The van der Waals surface area contributed by atoms with Crippen LogP contribution in [0, 0.1) is 22.6 Å².